The average molecular weight is 384 g/mol. The molecule has 2 rings (SSSR count). The zero-order valence-electron chi connectivity index (χ0n) is 13.9. The Bertz CT molecular complexity index is 646. The Morgan fingerprint density at radius 2 is 2.00 bits per heavy atom. The topological polar surface area (TPSA) is 64.1 Å². The van der Waals surface area contributed by atoms with Crippen LogP contribution in [0.1, 0.15) is 26.7 Å². The van der Waals surface area contributed by atoms with Crippen LogP contribution in [0.3, 0.4) is 0 Å². The third-order valence-electron chi connectivity index (χ3n) is 3.12. The number of nitrogens with one attached hydrogen (secondary N) is 1. The second kappa shape index (κ2) is 9.90. The zero-order valence-corrected chi connectivity index (χ0v) is 16.4. The van der Waals surface area contributed by atoms with Crippen molar-refractivity contribution < 1.29 is 9.53 Å². The minimum absolute atomic E-state index is 0.0550. The molecular formula is C16H21N3O2S3. The number of methoxy groups -OCH3 is 1. The first kappa shape index (κ1) is 19.1. The lowest BCUT2D eigenvalue weighted by Crippen LogP contribution is -2.22. The van der Waals surface area contributed by atoms with Crippen molar-refractivity contribution in [3.8, 4) is 5.75 Å². The first-order valence-corrected chi connectivity index (χ1v) is 10.4. The van der Waals surface area contributed by atoms with Crippen molar-refractivity contribution in [3.05, 3.63) is 24.3 Å². The molecule has 1 amide bonds. The number of unbranched alkanes of at least 4 members (excludes halogenated alkanes) is 1. The summed E-state index contributed by atoms with van der Waals surface area (Å²) in [6.45, 7) is 4.04. The van der Waals surface area contributed by atoms with Crippen LogP contribution in [0.15, 0.2) is 32.9 Å². The Morgan fingerprint density at radius 3 is 2.67 bits per heavy atom. The molecule has 0 radical (unpaired) electrons. The van der Waals surface area contributed by atoms with E-state index in [1.807, 2.05) is 31.2 Å². The second-order valence-electron chi connectivity index (χ2n) is 5.01. The van der Waals surface area contributed by atoms with Gasteiger partial charge in [0.2, 0.25) is 5.91 Å². The summed E-state index contributed by atoms with van der Waals surface area (Å²) in [4.78, 5) is 12.3. The van der Waals surface area contributed by atoms with Crippen molar-refractivity contribution in [1.29, 1.82) is 0 Å². The molecule has 130 valence electrons. The fraction of sp³-hybridized carbons (Fsp3) is 0.438. The Balaban J connectivity index is 1.84. The molecule has 0 fully saturated rings. The second-order valence-corrected chi connectivity index (χ2v) is 8.92. The number of rotatable bonds is 9. The summed E-state index contributed by atoms with van der Waals surface area (Å²) in [6.07, 6.45) is 2.35. The summed E-state index contributed by atoms with van der Waals surface area (Å²) < 4.78 is 6.90. The molecule has 24 heavy (non-hydrogen) atoms. The van der Waals surface area contributed by atoms with Crippen LogP contribution < -0.4 is 10.1 Å². The van der Waals surface area contributed by atoms with Crippen molar-refractivity contribution in [3.63, 3.8) is 0 Å². The summed E-state index contributed by atoms with van der Waals surface area (Å²) in [5.41, 5.74) is 0.751. The molecule has 5 nitrogen and oxygen atoms in total. The third kappa shape index (κ3) is 5.99. The first-order valence-electron chi connectivity index (χ1n) is 7.70. The van der Waals surface area contributed by atoms with Crippen LogP contribution in [-0.2, 0) is 4.79 Å². The van der Waals surface area contributed by atoms with E-state index >= 15 is 0 Å². The van der Waals surface area contributed by atoms with Crippen LogP contribution in [0.25, 0.3) is 0 Å². The minimum Gasteiger partial charge on any atom is -0.497 e. The molecule has 2 aromatic rings. The van der Waals surface area contributed by atoms with Crippen molar-refractivity contribution in [2.24, 2.45) is 0 Å². The summed E-state index contributed by atoms with van der Waals surface area (Å²) in [6, 6.07) is 7.28. The number of nitrogens with zero attached hydrogens (tertiary/aromatic N) is 2. The van der Waals surface area contributed by atoms with Crippen LogP contribution in [0.5, 0.6) is 5.75 Å². The molecule has 1 aromatic heterocycles. The Kier molecular flexibility index (Phi) is 7.87. The van der Waals surface area contributed by atoms with E-state index in [9.17, 15) is 4.79 Å². The molecule has 0 aliphatic carbocycles. The highest BCUT2D eigenvalue weighted by atomic mass is 32.2. The van der Waals surface area contributed by atoms with Crippen LogP contribution in [0.4, 0.5) is 5.69 Å². The van der Waals surface area contributed by atoms with E-state index in [1.165, 1.54) is 24.6 Å². The molecule has 0 saturated heterocycles. The summed E-state index contributed by atoms with van der Waals surface area (Å²) in [7, 11) is 1.61. The van der Waals surface area contributed by atoms with E-state index in [1.54, 1.807) is 30.2 Å². The van der Waals surface area contributed by atoms with E-state index < -0.39 is 0 Å². The van der Waals surface area contributed by atoms with Gasteiger partial charge in [-0.1, -0.05) is 48.2 Å². The maximum Gasteiger partial charge on any atom is 0.237 e. The lowest BCUT2D eigenvalue weighted by molar-refractivity contribution is -0.115. The lowest BCUT2D eigenvalue weighted by atomic mass is 10.3. The van der Waals surface area contributed by atoms with Gasteiger partial charge in [0, 0.05) is 11.4 Å². The van der Waals surface area contributed by atoms with Gasteiger partial charge in [0.15, 0.2) is 8.68 Å². The van der Waals surface area contributed by atoms with Crippen molar-refractivity contribution in [2.45, 2.75) is 40.6 Å². The predicted molar refractivity (Wildman–Crippen MR) is 102 cm³/mol. The molecule has 1 heterocycles. The number of aromatic nitrogens is 2. The van der Waals surface area contributed by atoms with E-state index in [0.717, 1.165) is 25.9 Å². The first-order chi connectivity index (χ1) is 11.6. The molecule has 0 saturated carbocycles. The third-order valence-corrected chi connectivity index (χ3v) is 6.44. The zero-order chi connectivity index (χ0) is 17.4. The van der Waals surface area contributed by atoms with E-state index in [2.05, 4.69) is 22.4 Å². The Hall–Kier alpha value is -1.25. The normalized spacial score (nSPS) is 12.0. The standard InChI is InChI=1S/C16H21N3O2S3/c1-4-5-10-22-15-18-19-16(24-15)23-11(2)14(20)17-12-6-8-13(21-3)9-7-12/h6-9,11H,4-5,10H2,1-3H3,(H,17,20)/t11-/m0/s1. The number of hydrogen-bond donors (Lipinski definition) is 1. The number of carbonyl (C=O) groups is 1. The molecule has 8 heteroatoms. The molecule has 1 N–H and O–H groups in total. The van der Waals surface area contributed by atoms with Gasteiger partial charge in [-0.3, -0.25) is 4.79 Å². The van der Waals surface area contributed by atoms with Crippen LogP contribution in [-0.4, -0.2) is 34.2 Å². The lowest BCUT2D eigenvalue weighted by Gasteiger charge is -2.10. The largest absolute Gasteiger partial charge is 0.497 e. The van der Waals surface area contributed by atoms with Gasteiger partial charge < -0.3 is 10.1 Å². The number of carbonyl (C=O) groups excluding carboxylic acids is 1. The maximum atomic E-state index is 12.3. The summed E-state index contributed by atoms with van der Waals surface area (Å²) >= 11 is 4.71. The number of thioether (sulfide) groups is 2. The van der Waals surface area contributed by atoms with Crippen LogP contribution in [0.2, 0.25) is 0 Å². The van der Waals surface area contributed by atoms with Crippen molar-refractivity contribution >= 4 is 46.5 Å². The highest BCUT2D eigenvalue weighted by molar-refractivity contribution is 8.03. The number of ether oxygens (including phenoxy) is 1. The van der Waals surface area contributed by atoms with Gasteiger partial charge in [0.05, 0.1) is 12.4 Å². The molecule has 0 aliphatic rings. The number of benzene rings is 1. The highest BCUT2D eigenvalue weighted by Crippen LogP contribution is 2.32. The average Bonchev–Trinajstić information content (AvgIpc) is 3.03. The maximum absolute atomic E-state index is 12.3. The predicted octanol–water partition coefficient (Wildman–Crippen LogP) is 4.56. The summed E-state index contributed by atoms with van der Waals surface area (Å²) in [5, 5.41) is 11.0. The molecule has 0 aliphatic heterocycles. The molecule has 0 spiro atoms. The molecule has 1 atom stereocenters. The van der Waals surface area contributed by atoms with Gasteiger partial charge in [-0.25, -0.2) is 0 Å². The van der Waals surface area contributed by atoms with Crippen molar-refractivity contribution in [1.82, 2.24) is 10.2 Å². The number of amides is 1. The van der Waals surface area contributed by atoms with Crippen LogP contribution >= 0.6 is 34.9 Å². The van der Waals surface area contributed by atoms with Crippen molar-refractivity contribution in [2.75, 3.05) is 18.2 Å². The Morgan fingerprint density at radius 1 is 1.29 bits per heavy atom. The fourth-order valence-corrected chi connectivity index (χ4v) is 5.05. The Labute approximate surface area is 155 Å². The molecule has 1 aromatic carbocycles. The van der Waals surface area contributed by atoms with E-state index in [0.29, 0.717) is 0 Å². The van der Waals surface area contributed by atoms with Gasteiger partial charge in [-0.15, -0.1) is 10.2 Å². The minimum atomic E-state index is -0.242. The van der Waals surface area contributed by atoms with Gasteiger partial charge in [0.1, 0.15) is 5.75 Å². The molecule has 0 bridgehead atoms. The number of hydrogen-bond acceptors (Lipinski definition) is 7. The van der Waals surface area contributed by atoms with E-state index in [4.69, 9.17) is 4.74 Å². The van der Waals surface area contributed by atoms with Crippen LogP contribution in [0, 0.1) is 0 Å². The highest BCUT2D eigenvalue weighted by Gasteiger charge is 2.17. The van der Waals surface area contributed by atoms with Gasteiger partial charge in [0.25, 0.3) is 0 Å². The monoisotopic (exact) mass is 383 g/mol. The number of anilines is 1. The van der Waals surface area contributed by atoms with Gasteiger partial charge >= 0.3 is 0 Å². The van der Waals surface area contributed by atoms with E-state index in [-0.39, 0.29) is 11.2 Å². The smallest absolute Gasteiger partial charge is 0.237 e. The van der Waals surface area contributed by atoms with Gasteiger partial charge in [-0.05, 0) is 37.6 Å². The molecular weight excluding hydrogens is 362 g/mol. The fourth-order valence-electron chi connectivity index (χ4n) is 1.73. The SMILES string of the molecule is CCCCSc1nnc(S[C@@H](C)C(=O)Nc2ccc(OC)cc2)s1. The summed E-state index contributed by atoms with van der Waals surface area (Å²) in [5.74, 6) is 1.77. The quantitative estimate of drug-likeness (QED) is 0.506. The molecule has 0 unspecified atom stereocenters. The van der Waals surface area contributed by atoms with Gasteiger partial charge in [-0.2, -0.15) is 0 Å².